The molecule has 0 spiro atoms. The van der Waals surface area contributed by atoms with Crippen LogP contribution >= 0.6 is 0 Å². The van der Waals surface area contributed by atoms with Gasteiger partial charge in [-0.05, 0) is 18.1 Å². The maximum Gasteiger partial charge on any atom is 0.154 e. The van der Waals surface area contributed by atoms with Gasteiger partial charge in [0, 0.05) is 12.1 Å². The van der Waals surface area contributed by atoms with Crippen LogP contribution in [0.15, 0.2) is 6.07 Å². The van der Waals surface area contributed by atoms with Crippen molar-refractivity contribution in [2.24, 2.45) is 0 Å². The third-order valence-electron chi connectivity index (χ3n) is 1.53. The highest BCUT2D eigenvalue weighted by Gasteiger charge is 2.21. The van der Waals surface area contributed by atoms with Crippen molar-refractivity contribution in [1.82, 2.24) is 15.4 Å². The Bertz CT molecular complexity index is 257. The summed E-state index contributed by atoms with van der Waals surface area (Å²) in [5.41, 5.74) is 5.40. The van der Waals surface area contributed by atoms with E-state index in [0.29, 0.717) is 11.9 Å². The molecule has 58 valence electrons. The summed E-state index contributed by atoms with van der Waals surface area (Å²) in [6.45, 7) is 0. The predicted octanol–water partition coefficient (Wildman–Crippen LogP) is 0.0281. The van der Waals surface area contributed by atoms with E-state index in [1.54, 1.807) is 6.07 Å². The van der Waals surface area contributed by atoms with E-state index < -0.39 is 0 Å². The smallest absolute Gasteiger partial charge is 0.154 e. The molecular formula is C6H9N5. The normalized spacial score (nSPS) is 16.4. The summed E-state index contributed by atoms with van der Waals surface area (Å²) in [5.74, 6) is 1.13. The molecule has 0 aliphatic heterocycles. The maximum atomic E-state index is 5.40. The first-order valence-electron chi connectivity index (χ1n) is 3.57. The van der Waals surface area contributed by atoms with Gasteiger partial charge in [0.05, 0.1) is 0 Å². The van der Waals surface area contributed by atoms with Gasteiger partial charge in [0.15, 0.2) is 11.6 Å². The molecule has 1 saturated carbocycles. The van der Waals surface area contributed by atoms with Crippen LogP contribution in [0.4, 0.5) is 11.6 Å². The number of nitrogens with two attached hydrogens (primary N) is 1. The fraction of sp³-hybridized carbons (Fsp3) is 0.500. The Hall–Kier alpha value is -1.39. The summed E-state index contributed by atoms with van der Waals surface area (Å²) in [7, 11) is 0. The van der Waals surface area contributed by atoms with Crippen molar-refractivity contribution in [3.8, 4) is 0 Å². The van der Waals surface area contributed by atoms with Crippen molar-refractivity contribution in [2.75, 3.05) is 11.1 Å². The SMILES string of the molecule is Nc1cc(NC2CC2)nnn1. The van der Waals surface area contributed by atoms with Crippen molar-refractivity contribution in [3.05, 3.63) is 6.07 Å². The van der Waals surface area contributed by atoms with E-state index in [1.807, 2.05) is 0 Å². The lowest BCUT2D eigenvalue weighted by molar-refractivity contribution is 0.869. The summed E-state index contributed by atoms with van der Waals surface area (Å²) in [6, 6.07) is 2.26. The molecule has 1 aromatic heterocycles. The van der Waals surface area contributed by atoms with Crippen LogP contribution in [0.5, 0.6) is 0 Å². The second-order valence-corrected chi connectivity index (χ2v) is 2.66. The van der Waals surface area contributed by atoms with Crippen LogP contribution in [0.25, 0.3) is 0 Å². The number of anilines is 2. The molecule has 0 unspecified atom stereocenters. The molecular weight excluding hydrogens is 142 g/mol. The summed E-state index contributed by atoms with van der Waals surface area (Å²) in [4.78, 5) is 0. The average Bonchev–Trinajstić information content (AvgIpc) is 2.71. The lowest BCUT2D eigenvalue weighted by atomic mass is 10.5. The monoisotopic (exact) mass is 151 g/mol. The van der Waals surface area contributed by atoms with Crippen LogP contribution in [0, 0.1) is 0 Å². The molecule has 0 aromatic carbocycles. The Morgan fingerprint density at radius 1 is 1.45 bits per heavy atom. The lowest BCUT2D eigenvalue weighted by Crippen LogP contribution is -2.05. The summed E-state index contributed by atoms with van der Waals surface area (Å²) in [5, 5.41) is 14.0. The van der Waals surface area contributed by atoms with E-state index in [0.717, 1.165) is 5.82 Å². The standard InChI is InChI=1S/C6H9N5/c7-5-3-6(10-11-9-5)8-4-1-2-4/h3-4H,1-2H2,(H3,7,8,9,10). The highest BCUT2D eigenvalue weighted by molar-refractivity contribution is 5.43. The zero-order valence-corrected chi connectivity index (χ0v) is 5.99. The minimum absolute atomic E-state index is 0.406. The van der Waals surface area contributed by atoms with E-state index in [-0.39, 0.29) is 0 Å². The van der Waals surface area contributed by atoms with Crippen molar-refractivity contribution >= 4 is 11.6 Å². The first-order chi connectivity index (χ1) is 5.34. The maximum absolute atomic E-state index is 5.40. The van der Waals surface area contributed by atoms with Gasteiger partial charge in [-0.25, -0.2) is 0 Å². The van der Waals surface area contributed by atoms with Gasteiger partial charge in [-0.15, -0.1) is 10.2 Å². The molecule has 0 bridgehead atoms. The molecule has 0 atom stereocenters. The fourth-order valence-corrected chi connectivity index (χ4v) is 0.827. The quantitative estimate of drug-likeness (QED) is 0.623. The first kappa shape index (κ1) is 6.33. The van der Waals surface area contributed by atoms with Crippen molar-refractivity contribution < 1.29 is 0 Å². The molecule has 11 heavy (non-hydrogen) atoms. The summed E-state index contributed by atoms with van der Waals surface area (Å²) < 4.78 is 0. The van der Waals surface area contributed by atoms with Crippen molar-refractivity contribution in [3.63, 3.8) is 0 Å². The second-order valence-electron chi connectivity index (χ2n) is 2.66. The van der Waals surface area contributed by atoms with Crippen LogP contribution in [0.3, 0.4) is 0 Å². The molecule has 1 fully saturated rings. The third-order valence-corrected chi connectivity index (χ3v) is 1.53. The average molecular weight is 151 g/mol. The lowest BCUT2D eigenvalue weighted by Gasteiger charge is -2.00. The molecule has 1 aromatic rings. The number of nitrogens with one attached hydrogen (secondary N) is 1. The van der Waals surface area contributed by atoms with Gasteiger partial charge in [0.2, 0.25) is 0 Å². The highest BCUT2D eigenvalue weighted by atomic mass is 15.3. The molecule has 2 rings (SSSR count). The van der Waals surface area contributed by atoms with Gasteiger partial charge in [0.1, 0.15) is 0 Å². The molecule has 5 heteroatoms. The molecule has 0 saturated heterocycles. The zero-order valence-electron chi connectivity index (χ0n) is 5.99. The number of nitrogen functional groups attached to an aromatic ring is 1. The van der Waals surface area contributed by atoms with Crippen LogP contribution in [0.1, 0.15) is 12.8 Å². The van der Waals surface area contributed by atoms with Gasteiger partial charge in [0.25, 0.3) is 0 Å². The molecule has 1 aliphatic carbocycles. The number of nitrogens with zero attached hydrogens (tertiary/aromatic N) is 3. The van der Waals surface area contributed by atoms with E-state index >= 15 is 0 Å². The van der Waals surface area contributed by atoms with Crippen LogP contribution in [0.2, 0.25) is 0 Å². The second kappa shape index (κ2) is 2.34. The van der Waals surface area contributed by atoms with Gasteiger partial charge in [-0.3, -0.25) is 0 Å². The van der Waals surface area contributed by atoms with Crippen molar-refractivity contribution in [2.45, 2.75) is 18.9 Å². The van der Waals surface area contributed by atoms with Gasteiger partial charge in [-0.2, -0.15) is 0 Å². The molecule has 3 N–H and O–H groups in total. The van der Waals surface area contributed by atoms with Crippen LogP contribution < -0.4 is 11.1 Å². The predicted molar refractivity (Wildman–Crippen MR) is 40.9 cm³/mol. The van der Waals surface area contributed by atoms with E-state index in [9.17, 15) is 0 Å². The largest absolute Gasteiger partial charge is 0.382 e. The Balaban J connectivity index is 2.10. The molecule has 1 aliphatic rings. The fourth-order valence-electron chi connectivity index (χ4n) is 0.827. The number of rotatable bonds is 2. The molecule has 0 amide bonds. The first-order valence-corrected chi connectivity index (χ1v) is 3.57. The topological polar surface area (TPSA) is 76.7 Å². The molecule has 0 radical (unpaired) electrons. The van der Waals surface area contributed by atoms with Gasteiger partial charge >= 0.3 is 0 Å². The Labute approximate surface area is 64.0 Å². The Morgan fingerprint density at radius 3 is 2.91 bits per heavy atom. The van der Waals surface area contributed by atoms with E-state index in [2.05, 4.69) is 20.7 Å². The summed E-state index contributed by atoms with van der Waals surface area (Å²) >= 11 is 0. The Kier molecular flexibility index (Phi) is 1.34. The van der Waals surface area contributed by atoms with E-state index in [1.165, 1.54) is 12.8 Å². The van der Waals surface area contributed by atoms with E-state index in [4.69, 9.17) is 5.73 Å². The third kappa shape index (κ3) is 1.54. The van der Waals surface area contributed by atoms with Crippen molar-refractivity contribution in [1.29, 1.82) is 0 Å². The number of hydrogen-bond acceptors (Lipinski definition) is 5. The van der Waals surface area contributed by atoms with Crippen LogP contribution in [-0.4, -0.2) is 21.5 Å². The highest BCUT2D eigenvalue weighted by Crippen LogP contribution is 2.23. The number of aromatic nitrogens is 3. The minimum Gasteiger partial charge on any atom is -0.382 e. The minimum atomic E-state index is 0.406. The summed E-state index contributed by atoms with van der Waals surface area (Å²) in [6.07, 6.45) is 2.42. The van der Waals surface area contributed by atoms with Gasteiger partial charge in [-0.1, -0.05) is 0 Å². The number of hydrogen-bond donors (Lipinski definition) is 2. The molecule has 1 heterocycles. The Morgan fingerprint density at radius 2 is 2.27 bits per heavy atom. The molecule has 5 nitrogen and oxygen atoms in total. The van der Waals surface area contributed by atoms with Gasteiger partial charge < -0.3 is 11.1 Å². The zero-order chi connectivity index (χ0) is 7.68. The van der Waals surface area contributed by atoms with Crippen LogP contribution in [-0.2, 0) is 0 Å².